The van der Waals surface area contributed by atoms with E-state index in [1.54, 1.807) is 6.07 Å². The molecule has 1 atom stereocenters. The number of unbranched alkanes of at least 4 members (excludes halogenated alkanes) is 1. The number of hydrogen-bond acceptors (Lipinski definition) is 2. The molecule has 1 aliphatic rings. The van der Waals surface area contributed by atoms with Gasteiger partial charge in [0.25, 0.3) is 0 Å². The average Bonchev–Trinajstić information content (AvgIpc) is 3.04. The summed E-state index contributed by atoms with van der Waals surface area (Å²) in [6.45, 7) is 3.47. The minimum atomic E-state index is -0.233. The van der Waals surface area contributed by atoms with Gasteiger partial charge in [0.1, 0.15) is 17.7 Å². The van der Waals surface area contributed by atoms with Crippen molar-refractivity contribution in [3.8, 4) is 5.75 Å². The first-order valence-corrected chi connectivity index (χ1v) is 5.35. The Morgan fingerprint density at radius 3 is 3.00 bits per heavy atom. The third kappa shape index (κ3) is 2.69. The van der Waals surface area contributed by atoms with Crippen molar-refractivity contribution in [1.29, 1.82) is 0 Å². The number of benzene rings is 1. The molecule has 15 heavy (non-hydrogen) atoms. The summed E-state index contributed by atoms with van der Waals surface area (Å²) in [6.07, 6.45) is 2.15. The van der Waals surface area contributed by atoms with E-state index in [1.807, 2.05) is 0 Å². The number of epoxide rings is 1. The monoisotopic (exact) mass is 210 g/mol. The van der Waals surface area contributed by atoms with E-state index < -0.39 is 0 Å². The Morgan fingerprint density at radius 2 is 2.33 bits per heavy atom. The van der Waals surface area contributed by atoms with Gasteiger partial charge in [-0.3, -0.25) is 0 Å². The highest BCUT2D eigenvalue weighted by Crippen LogP contribution is 2.36. The average molecular weight is 210 g/mol. The third-order valence-electron chi connectivity index (χ3n) is 2.41. The molecule has 0 saturated carbocycles. The highest BCUT2D eigenvalue weighted by atomic mass is 19.1. The van der Waals surface area contributed by atoms with Gasteiger partial charge in [-0.05, 0) is 24.6 Å². The smallest absolute Gasteiger partial charge is 0.125 e. The molecule has 2 nitrogen and oxygen atoms in total. The molecule has 1 aromatic rings. The third-order valence-corrected chi connectivity index (χ3v) is 2.41. The Hall–Kier alpha value is -1.09. The van der Waals surface area contributed by atoms with E-state index in [0.29, 0.717) is 13.2 Å². The lowest BCUT2D eigenvalue weighted by Crippen LogP contribution is -2.00. The van der Waals surface area contributed by atoms with Gasteiger partial charge in [0, 0.05) is 5.56 Å². The van der Waals surface area contributed by atoms with Crippen LogP contribution in [0.15, 0.2) is 18.2 Å². The zero-order valence-electron chi connectivity index (χ0n) is 8.83. The minimum absolute atomic E-state index is 0.0392. The summed E-state index contributed by atoms with van der Waals surface area (Å²) in [5.74, 6) is 0.524. The van der Waals surface area contributed by atoms with Gasteiger partial charge in [-0.25, -0.2) is 4.39 Å². The van der Waals surface area contributed by atoms with E-state index in [2.05, 4.69) is 6.92 Å². The first-order valence-electron chi connectivity index (χ1n) is 5.35. The molecule has 0 aromatic heterocycles. The summed E-state index contributed by atoms with van der Waals surface area (Å²) in [5, 5.41) is 0. The molecule has 1 unspecified atom stereocenters. The lowest BCUT2D eigenvalue weighted by Gasteiger charge is -2.09. The quantitative estimate of drug-likeness (QED) is 0.550. The largest absolute Gasteiger partial charge is 0.493 e. The fourth-order valence-electron chi connectivity index (χ4n) is 1.46. The molecule has 0 radical (unpaired) electrons. The minimum Gasteiger partial charge on any atom is -0.493 e. The molecule has 1 heterocycles. The van der Waals surface area contributed by atoms with Gasteiger partial charge < -0.3 is 9.47 Å². The topological polar surface area (TPSA) is 21.8 Å². The molecule has 1 aromatic carbocycles. The highest BCUT2D eigenvalue weighted by molar-refractivity contribution is 5.37. The summed E-state index contributed by atoms with van der Waals surface area (Å²) >= 11 is 0. The Kier molecular flexibility index (Phi) is 3.21. The van der Waals surface area contributed by atoms with Crippen LogP contribution in [0.2, 0.25) is 0 Å². The van der Waals surface area contributed by atoms with Gasteiger partial charge in [0.05, 0.1) is 13.2 Å². The van der Waals surface area contributed by atoms with Crippen LogP contribution in [0.3, 0.4) is 0 Å². The van der Waals surface area contributed by atoms with Crippen LogP contribution in [-0.2, 0) is 4.74 Å². The maximum absolute atomic E-state index is 13.0. The van der Waals surface area contributed by atoms with Crippen LogP contribution in [0.5, 0.6) is 5.75 Å². The van der Waals surface area contributed by atoms with Crippen LogP contribution in [0.4, 0.5) is 4.39 Å². The Labute approximate surface area is 89.0 Å². The van der Waals surface area contributed by atoms with Crippen molar-refractivity contribution in [2.45, 2.75) is 25.9 Å². The standard InChI is InChI=1S/C12H15FO2/c1-2-3-6-14-11-5-4-9(13)7-10(11)12-8-15-12/h4-5,7,12H,2-3,6,8H2,1H3. The molecular formula is C12H15FO2. The zero-order chi connectivity index (χ0) is 10.7. The molecular weight excluding hydrogens is 195 g/mol. The number of hydrogen-bond donors (Lipinski definition) is 0. The molecule has 0 N–H and O–H groups in total. The van der Waals surface area contributed by atoms with Gasteiger partial charge in [-0.15, -0.1) is 0 Å². The molecule has 1 saturated heterocycles. The zero-order valence-corrected chi connectivity index (χ0v) is 8.83. The SMILES string of the molecule is CCCCOc1ccc(F)cc1C1CO1. The molecule has 3 heteroatoms. The summed E-state index contributed by atoms with van der Waals surface area (Å²) in [5.41, 5.74) is 0.839. The molecule has 2 rings (SSSR count). The predicted octanol–water partition coefficient (Wildman–Crippen LogP) is 3.08. The van der Waals surface area contributed by atoms with Gasteiger partial charge in [0.2, 0.25) is 0 Å². The van der Waals surface area contributed by atoms with Crippen molar-refractivity contribution < 1.29 is 13.9 Å². The Morgan fingerprint density at radius 1 is 1.53 bits per heavy atom. The van der Waals surface area contributed by atoms with Crippen molar-refractivity contribution in [2.75, 3.05) is 13.2 Å². The van der Waals surface area contributed by atoms with E-state index in [1.165, 1.54) is 12.1 Å². The molecule has 82 valence electrons. The van der Waals surface area contributed by atoms with Crippen molar-refractivity contribution in [1.82, 2.24) is 0 Å². The fourth-order valence-corrected chi connectivity index (χ4v) is 1.46. The number of ether oxygens (including phenoxy) is 2. The Balaban J connectivity index is 2.07. The van der Waals surface area contributed by atoms with Gasteiger partial charge in [-0.1, -0.05) is 13.3 Å². The summed E-state index contributed by atoms with van der Waals surface area (Å²) < 4.78 is 23.7. The van der Waals surface area contributed by atoms with Crippen molar-refractivity contribution in [2.24, 2.45) is 0 Å². The number of rotatable bonds is 5. The number of halogens is 1. The second kappa shape index (κ2) is 4.62. The molecule has 1 fully saturated rings. The first-order chi connectivity index (χ1) is 7.31. The summed E-state index contributed by atoms with van der Waals surface area (Å²) in [7, 11) is 0. The molecule has 0 amide bonds. The molecule has 0 aliphatic carbocycles. The lowest BCUT2D eigenvalue weighted by atomic mass is 10.1. The van der Waals surface area contributed by atoms with Crippen LogP contribution in [-0.4, -0.2) is 13.2 Å². The van der Waals surface area contributed by atoms with E-state index in [-0.39, 0.29) is 11.9 Å². The Bertz CT molecular complexity index is 334. The van der Waals surface area contributed by atoms with E-state index in [0.717, 1.165) is 24.2 Å². The van der Waals surface area contributed by atoms with Crippen molar-refractivity contribution in [3.05, 3.63) is 29.6 Å². The van der Waals surface area contributed by atoms with Gasteiger partial charge in [0.15, 0.2) is 0 Å². The van der Waals surface area contributed by atoms with Gasteiger partial charge in [-0.2, -0.15) is 0 Å². The van der Waals surface area contributed by atoms with Crippen LogP contribution in [0, 0.1) is 5.82 Å². The van der Waals surface area contributed by atoms with Crippen LogP contribution in [0.25, 0.3) is 0 Å². The van der Waals surface area contributed by atoms with Crippen LogP contribution < -0.4 is 4.74 Å². The van der Waals surface area contributed by atoms with Gasteiger partial charge >= 0.3 is 0 Å². The first kappa shape index (κ1) is 10.4. The highest BCUT2D eigenvalue weighted by Gasteiger charge is 2.28. The van der Waals surface area contributed by atoms with Crippen molar-refractivity contribution in [3.63, 3.8) is 0 Å². The molecule has 0 spiro atoms. The fraction of sp³-hybridized carbons (Fsp3) is 0.500. The summed E-state index contributed by atoms with van der Waals surface area (Å²) in [4.78, 5) is 0. The van der Waals surface area contributed by atoms with Crippen LogP contribution >= 0.6 is 0 Å². The predicted molar refractivity (Wildman–Crippen MR) is 55.5 cm³/mol. The summed E-state index contributed by atoms with van der Waals surface area (Å²) in [6, 6.07) is 4.61. The lowest BCUT2D eigenvalue weighted by molar-refractivity contribution is 0.301. The van der Waals surface area contributed by atoms with E-state index >= 15 is 0 Å². The van der Waals surface area contributed by atoms with E-state index in [4.69, 9.17) is 9.47 Å². The maximum Gasteiger partial charge on any atom is 0.125 e. The van der Waals surface area contributed by atoms with Crippen molar-refractivity contribution >= 4 is 0 Å². The second-order valence-electron chi connectivity index (χ2n) is 3.71. The normalized spacial score (nSPS) is 18.9. The molecule has 0 bridgehead atoms. The molecule has 1 aliphatic heterocycles. The second-order valence-corrected chi connectivity index (χ2v) is 3.71. The van der Waals surface area contributed by atoms with E-state index in [9.17, 15) is 4.39 Å². The maximum atomic E-state index is 13.0. The van der Waals surface area contributed by atoms with Crippen LogP contribution in [0.1, 0.15) is 31.4 Å².